The third-order valence-corrected chi connectivity index (χ3v) is 2.37. The summed E-state index contributed by atoms with van der Waals surface area (Å²) in [5.41, 5.74) is 1.80. The number of aromatic amines is 1. The van der Waals surface area contributed by atoms with Gasteiger partial charge in [-0.2, -0.15) is 0 Å². The smallest absolute Gasteiger partial charge is 0.107 e. The number of nitrogens with one attached hydrogen (secondary N) is 1. The number of imidazole rings is 1. The molecule has 0 atom stereocenters. The largest absolute Gasteiger partial charge is 0.342 e. The van der Waals surface area contributed by atoms with Crippen LogP contribution in [0.3, 0.4) is 0 Å². The number of fused-ring (bicyclic) bond motifs is 1. The number of nitrogens with zero attached hydrogens (tertiary/aromatic N) is 1. The van der Waals surface area contributed by atoms with Crippen LogP contribution in [0.1, 0.15) is 5.82 Å². The molecule has 2 aromatic rings. The molecule has 0 radical (unpaired) electrons. The van der Waals surface area contributed by atoms with Gasteiger partial charge in [0.05, 0.1) is 10.5 Å². The third-order valence-electron chi connectivity index (χ3n) is 1.62. The van der Waals surface area contributed by atoms with Crippen LogP contribution in [0.4, 0.5) is 0 Å². The Labute approximate surface area is 95.2 Å². The molecule has 0 aliphatic heterocycles. The van der Waals surface area contributed by atoms with Crippen LogP contribution in [0, 0.1) is 6.92 Å². The minimum atomic E-state index is 0. The number of aromatic nitrogens is 2. The summed E-state index contributed by atoms with van der Waals surface area (Å²) < 4.78 is 0.962. The molecule has 1 N–H and O–H groups in total. The summed E-state index contributed by atoms with van der Waals surface area (Å²) in [7, 11) is 0. The first kappa shape index (κ1) is 10.8. The van der Waals surface area contributed by atoms with Gasteiger partial charge in [0.15, 0.2) is 0 Å². The summed E-state index contributed by atoms with van der Waals surface area (Å²) in [6, 6.07) is 3.80. The summed E-state index contributed by atoms with van der Waals surface area (Å²) in [6.45, 7) is 1.91. The monoisotopic (exact) mass is 280 g/mol. The number of aryl methyl sites for hydroxylation is 1. The molecule has 0 bridgehead atoms. The van der Waals surface area contributed by atoms with E-state index in [1.165, 1.54) is 0 Å². The Kier molecular flexibility index (Phi) is 3.22. The molecule has 13 heavy (non-hydrogen) atoms. The van der Waals surface area contributed by atoms with Crippen molar-refractivity contribution in [2.45, 2.75) is 6.92 Å². The topological polar surface area (TPSA) is 28.7 Å². The standard InChI is InChI=1S/C8H6BrClN2.ClH/c1-4-11-7-3-5(9)2-6(10)8(7)12-4;/h2-3H,1H3,(H,11,12);1H. The molecule has 1 aromatic heterocycles. The molecule has 2 rings (SSSR count). The van der Waals surface area contributed by atoms with Gasteiger partial charge < -0.3 is 4.98 Å². The maximum atomic E-state index is 5.96. The molecule has 0 aliphatic rings. The SMILES string of the molecule is Cc1nc2c(Cl)cc(Br)cc2[nH]1.Cl. The van der Waals surface area contributed by atoms with E-state index < -0.39 is 0 Å². The van der Waals surface area contributed by atoms with Gasteiger partial charge >= 0.3 is 0 Å². The van der Waals surface area contributed by atoms with Crippen molar-refractivity contribution in [3.05, 3.63) is 27.5 Å². The summed E-state index contributed by atoms with van der Waals surface area (Å²) in [4.78, 5) is 7.36. The molecule has 5 heteroatoms. The van der Waals surface area contributed by atoms with E-state index >= 15 is 0 Å². The van der Waals surface area contributed by atoms with Crippen molar-refractivity contribution in [2.75, 3.05) is 0 Å². The van der Waals surface area contributed by atoms with Crippen LogP contribution < -0.4 is 0 Å². The van der Waals surface area contributed by atoms with Crippen molar-refractivity contribution in [2.24, 2.45) is 0 Å². The fraction of sp³-hybridized carbons (Fsp3) is 0.125. The fourth-order valence-corrected chi connectivity index (χ4v) is 2.02. The first-order chi connectivity index (χ1) is 5.66. The molecular weight excluding hydrogens is 275 g/mol. The summed E-state index contributed by atoms with van der Waals surface area (Å²) in [5.74, 6) is 0.880. The fourth-order valence-electron chi connectivity index (χ4n) is 1.17. The van der Waals surface area contributed by atoms with E-state index in [9.17, 15) is 0 Å². The molecule has 2 nitrogen and oxygen atoms in total. The van der Waals surface area contributed by atoms with E-state index in [4.69, 9.17) is 11.6 Å². The molecule has 0 fully saturated rings. The molecule has 0 unspecified atom stereocenters. The molecule has 0 aliphatic carbocycles. The first-order valence-electron chi connectivity index (χ1n) is 3.48. The zero-order valence-electron chi connectivity index (χ0n) is 6.77. The number of hydrogen-bond donors (Lipinski definition) is 1. The summed E-state index contributed by atoms with van der Waals surface area (Å²) in [6.07, 6.45) is 0. The molecule has 0 saturated carbocycles. The van der Waals surface area contributed by atoms with Gasteiger partial charge in [0.1, 0.15) is 11.3 Å². The molecule has 70 valence electrons. The van der Waals surface area contributed by atoms with E-state index in [0.29, 0.717) is 5.02 Å². The molecule has 0 spiro atoms. The van der Waals surface area contributed by atoms with E-state index in [1.54, 1.807) is 0 Å². The highest BCUT2D eigenvalue weighted by Crippen LogP contribution is 2.25. The average molecular weight is 282 g/mol. The van der Waals surface area contributed by atoms with Crippen LogP contribution in [-0.4, -0.2) is 9.97 Å². The third kappa shape index (κ3) is 1.98. The summed E-state index contributed by atoms with van der Waals surface area (Å²) >= 11 is 9.32. The molecular formula is C8H7BrCl2N2. The lowest BCUT2D eigenvalue weighted by molar-refractivity contribution is 1.17. The Morgan fingerprint density at radius 3 is 2.85 bits per heavy atom. The number of rotatable bonds is 0. The Hall–Kier alpha value is -0.250. The van der Waals surface area contributed by atoms with Crippen LogP contribution in [0.25, 0.3) is 11.0 Å². The highest BCUT2D eigenvalue weighted by Gasteiger charge is 2.04. The number of halogens is 3. The maximum absolute atomic E-state index is 5.96. The lowest BCUT2D eigenvalue weighted by atomic mass is 10.3. The van der Waals surface area contributed by atoms with Crippen molar-refractivity contribution in [1.82, 2.24) is 9.97 Å². The van der Waals surface area contributed by atoms with Crippen LogP contribution in [-0.2, 0) is 0 Å². The van der Waals surface area contributed by atoms with Crippen LogP contribution in [0.5, 0.6) is 0 Å². The Balaban J connectivity index is 0.000000845. The van der Waals surface area contributed by atoms with Gasteiger partial charge in [0.2, 0.25) is 0 Å². The number of benzene rings is 1. The van der Waals surface area contributed by atoms with Gasteiger partial charge in [0, 0.05) is 4.47 Å². The highest BCUT2D eigenvalue weighted by atomic mass is 79.9. The van der Waals surface area contributed by atoms with Gasteiger partial charge in [-0.3, -0.25) is 0 Å². The second-order valence-electron chi connectivity index (χ2n) is 2.61. The lowest BCUT2D eigenvalue weighted by Gasteiger charge is -1.92. The Bertz CT molecular complexity index is 439. The van der Waals surface area contributed by atoms with Crippen LogP contribution in [0.15, 0.2) is 16.6 Å². The van der Waals surface area contributed by atoms with Gasteiger partial charge in [-0.25, -0.2) is 4.98 Å². The highest BCUT2D eigenvalue weighted by molar-refractivity contribution is 9.10. The van der Waals surface area contributed by atoms with E-state index in [-0.39, 0.29) is 12.4 Å². The van der Waals surface area contributed by atoms with Gasteiger partial charge in [0.25, 0.3) is 0 Å². The zero-order valence-corrected chi connectivity index (χ0v) is 9.92. The molecule has 0 amide bonds. The quantitative estimate of drug-likeness (QED) is 0.784. The Morgan fingerprint density at radius 1 is 1.46 bits per heavy atom. The van der Waals surface area contributed by atoms with E-state index in [2.05, 4.69) is 25.9 Å². The van der Waals surface area contributed by atoms with Gasteiger partial charge in [-0.1, -0.05) is 27.5 Å². The van der Waals surface area contributed by atoms with Crippen molar-refractivity contribution >= 4 is 51.0 Å². The minimum Gasteiger partial charge on any atom is -0.342 e. The van der Waals surface area contributed by atoms with E-state index in [1.807, 2.05) is 19.1 Å². The second-order valence-corrected chi connectivity index (χ2v) is 3.93. The number of H-pyrrole nitrogens is 1. The Morgan fingerprint density at radius 2 is 2.15 bits per heavy atom. The predicted molar refractivity (Wildman–Crippen MR) is 60.8 cm³/mol. The van der Waals surface area contributed by atoms with Crippen molar-refractivity contribution in [3.63, 3.8) is 0 Å². The number of hydrogen-bond acceptors (Lipinski definition) is 1. The summed E-state index contributed by atoms with van der Waals surface area (Å²) in [5, 5.41) is 0.670. The zero-order chi connectivity index (χ0) is 8.72. The van der Waals surface area contributed by atoms with Crippen LogP contribution in [0.2, 0.25) is 5.02 Å². The molecule has 1 aromatic carbocycles. The lowest BCUT2D eigenvalue weighted by Crippen LogP contribution is -1.72. The van der Waals surface area contributed by atoms with E-state index in [0.717, 1.165) is 21.3 Å². The minimum absolute atomic E-state index is 0. The van der Waals surface area contributed by atoms with Gasteiger partial charge in [-0.15, -0.1) is 12.4 Å². The predicted octanol–water partition coefficient (Wildman–Crippen LogP) is 3.71. The average Bonchev–Trinajstić information content (AvgIpc) is 2.29. The molecule has 0 saturated heterocycles. The van der Waals surface area contributed by atoms with Gasteiger partial charge in [-0.05, 0) is 19.1 Å². The van der Waals surface area contributed by atoms with Crippen molar-refractivity contribution in [1.29, 1.82) is 0 Å². The normalized spacial score (nSPS) is 10.1. The maximum Gasteiger partial charge on any atom is 0.107 e. The second kappa shape index (κ2) is 3.86. The van der Waals surface area contributed by atoms with Crippen molar-refractivity contribution in [3.8, 4) is 0 Å². The first-order valence-corrected chi connectivity index (χ1v) is 4.65. The van der Waals surface area contributed by atoms with Crippen LogP contribution >= 0.6 is 39.9 Å². The molecule has 1 heterocycles. The van der Waals surface area contributed by atoms with Crippen molar-refractivity contribution < 1.29 is 0 Å².